The Balaban J connectivity index is 1.39. The summed E-state index contributed by atoms with van der Waals surface area (Å²) in [6, 6.07) is 8.88. The maximum Gasteiger partial charge on any atom is 0.319 e. The number of rotatable bonds is 4. The highest BCUT2D eigenvalue weighted by Crippen LogP contribution is 2.28. The Morgan fingerprint density at radius 1 is 1.07 bits per heavy atom. The van der Waals surface area contributed by atoms with Gasteiger partial charge in [-0.25, -0.2) is 13.6 Å². The quantitative estimate of drug-likeness (QED) is 0.719. The van der Waals surface area contributed by atoms with Crippen LogP contribution in [0.3, 0.4) is 0 Å². The number of urea groups is 1. The van der Waals surface area contributed by atoms with E-state index in [1.807, 2.05) is 6.07 Å². The van der Waals surface area contributed by atoms with Crippen LogP contribution in [-0.2, 0) is 9.59 Å². The molecule has 2 fully saturated rings. The smallest absolute Gasteiger partial charge is 0.319 e. The standard InChI is InChI=1S/C21H20F2N4O3/c22-14-5-2-6-15(23)19(14)27-10-9-17(20(27)29)26-21(30)24-13-4-1-3-12(11-13)16-7-8-18(28)25-16/h1-6,11,16-17H,7-10H2,(H,25,28)(H2,24,26,30). The van der Waals surface area contributed by atoms with E-state index in [2.05, 4.69) is 16.0 Å². The number of carbonyl (C=O) groups is 3. The van der Waals surface area contributed by atoms with Crippen LogP contribution in [0.1, 0.15) is 30.9 Å². The van der Waals surface area contributed by atoms with E-state index in [-0.39, 0.29) is 24.9 Å². The lowest BCUT2D eigenvalue weighted by Crippen LogP contribution is -2.43. The molecule has 30 heavy (non-hydrogen) atoms. The minimum atomic E-state index is -0.888. The first kappa shape index (κ1) is 19.8. The van der Waals surface area contributed by atoms with E-state index < -0.39 is 35.3 Å². The highest BCUT2D eigenvalue weighted by molar-refractivity contribution is 6.02. The second kappa shape index (κ2) is 8.10. The highest BCUT2D eigenvalue weighted by Gasteiger charge is 2.36. The van der Waals surface area contributed by atoms with Crippen LogP contribution in [0.15, 0.2) is 42.5 Å². The van der Waals surface area contributed by atoms with Crippen LogP contribution in [0.5, 0.6) is 0 Å². The summed E-state index contributed by atoms with van der Waals surface area (Å²) < 4.78 is 28.0. The van der Waals surface area contributed by atoms with Gasteiger partial charge in [-0.15, -0.1) is 0 Å². The van der Waals surface area contributed by atoms with Crippen LogP contribution in [0.25, 0.3) is 0 Å². The Morgan fingerprint density at radius 2 is 1.80 bits per heavy atom. The number of amides is 4. The molecule has 2 unspecified atom stereocenters. The molecule has 9 heteroatoms. The van der Waals surface area contributed by atoms with E-state index in [4.69, 9.17) is 0 Å². The lowest BCUT2D eigenvalue weighted by atomic mass is 10.0. The van der Waals surface area contributed by atoms with Gasteiger partial charge >= 0.3 is 6.03 Å². The van der Waals surface area contributed by atoms with Crippen LogP contribution in [-0.4, -0.2) is 30.4 Å². The highest BCUT2D eigenvalue weighted by atomic mass is 19.1. The number of carbonyl (C=O) groups excluding carboxylic acids is 3. The van der Waals surface area contributed by atoms with Crippen molar-refractivity contribution in [2.75, 3.05) is 16.8 Å². The molecule has 0 radical (unpaired) electrons. The van der Waals surface area contributed by atoms with Crippen molar-refractivity contribution in [1.29, 1.82) is 0 Å². The molecule has 0 spiro atoms. The summed E-state index contributed by atoms with van der Waals surface area (Å²) in [7, 11) is 0. The fourth-order valence-electron chi connectivity index (χ4n) is 3.81. The van der Waals surface area contributed by atoms with Crippen LogP contribution >= 0.6 is 0 Å². The fraction of sp³-hybridized carbons (Fsp3) is 0.286. The average molecular weight is 414 g/mol. The Hall–Kier alpha value is -3.49. The third kappa shape index (κ3) is 3.96. The Kier molecular flexibility index (Phi) is 5.35. The molecular formula is C21H20F2N4O3. The molecule has 3 N–H and O–H groups in total. The number of para-hydroxylation sites is 1. The van der Waals surface area contributed by atoms with Gasteiger partial charge in [0.25, 0.3) is 0 Å². The number of anilines is 2. The first-order valence-corrected chi connectivity index (χ1v) is 9.64. The van der Waals surface area contributed by atoms with Gasteiger partial charge in [-0.3, -0.25) is 9.59 Å². The molecule has 7 nitrogen and oxygen atoms in total. The summed E-state index contributed by atoms with van der Waals surface area (Å²) >= 11 is 0. The van der Waals surface area contributed by atoms with Gasteiger partial charge in [0.15, 0.2) is 0 Å². The van der Waals surface area contributed by atoms with Crippen molar-refractivity contribution in [3.05, 3.63) is 59.7 Å². The number of nitrogens with one attached hydrogen (secondary N) is 3. The summed E-state index contributed by atoms with van der Waals surface area (Å²) in [5.41, 5.74) is 0.976. The lowest BCUT2D eigenvalue weighted by Gasteiger charge is -2.19. The maximum absolute atomic E-state index is 14.0. The zero-order valence-corrected chi connectivity index (χ0v) is 16.0. The van der Waals surface area contributed by atoms with Gasteiger partial charge in [0.2, 0.25) is 11.8 Å². The largest absolute Gasteiger partial charge is 0.349 e. The molecule has 2 aromatic carbocycles. The second-order valence-electron chi connectivity index (χ2n) is 7.28. The average Bonchev–Trinajstić information content (AvgIpc) is 3.29. The Labute approximate surface area is 171 Å². The predicted octanol–water partition coefficient (Wildman–Crippen LogP) is 2.84. The third-order valence-electron chi connectivity index (χ3n) is 5.26. The van der Waals surface area contributed by atoms with Crippen LogP contribution in [0, 0.1) is 11.6 Å². The Morgan fingerprint density at radius 3 is 2.50 bits per heavy atom. The van der Waals surface area contributed by atoms with Crippen molar-refractivity contribution >= 4 is 29.2 Å². The molecule has 156 valence electrons. The molecule has 2 aliphatic rings. The number of nitrogens with zero attached hydrogens (tertiary/aromatic N) is 1. The first-order chi connectivity index (χ1) is 14.4. The Bertz CT molecular complexity index is 993. The normalized spacial score (nSPS) is 20.9. The number of hydrogen-bond donors (Lipinski definition) is 3. The SMILES string of the molecule is O=C1CCC(c2cccc(NC(=O)NC3CCN(c4c(F)cccc4F)C3=O)c2)N1. The van der Waals surface area contributed by atoms with E-state index in [0.717, 1.165) is 22.6 Å². The molecule has 2 saturated heterocycles. The molecule has 0 aromatic heterocycles. The summed E-state index contributed by atoms with van der Waals surface area (Å²) in [5, 5.41) is 8.08. The van der Waals surface area contributed by atoms with Crippen LogP contribution < -0.4 is 20.9 Å². The molecule has 2 aromatic rings. The van der Waals surface area contributed by atoms with Crippen LogP contribution in [0.2, 0.25) is 0 Å². The fourth-order valence-corrected chi connectivity index (χ4v) is 3.81. The molecule has 4 amide bonds. The summed E-state index contributed by atoms with van der Waals surface area (Å²) in [4.78, 5) is 37.4. The van der Waals surface area contributed by atoms with E-state index in [1.54, 1.807) is 18.2 Å². The van der Waals surface area contributed by atoms with Crippen molar-refractivity contribution in [2.45, 2.75) is 31.3 Å². The van der Waals surface area contributed by atoms with Gasteiger partial charge in [-0.05, 0) is 42.7 Å². The maximum atomic E-state index is 14.0. The van der Waals surface area contributed by atoms with Crippen molar-refractivity contribution in [1.82, 2.24) is 10.6 Å². The zero-order valence-electron chi connectivity index (χ0n) is 16.0. The lowest BCUT2D eigenvalue weighted by molar-refractivity contribution is -0.119. The number of halogens is 2. The molecule has 4 rings (SSSR count). The first-order valence-electron chi connectivity index (χ1n) is 9.64. The van der Waals surface area contributed by atoms with Crippen molar-refractivity contribution < 1.29 is 23.2 Å². The van der Waals surface area contributed by atoms with Gasteiger partial charge in [-0.1, -0.05) is 18.2 Å². The van der Waals surface area contributed by atoms with Crippen LogP contribution in [0.4, 0.5) is 25.0 Å². The molecule has 2 heterocycles. The molecule has 2 atom stereocenters. The van der Waals surface area contributed by atoms with Crippen molar-refractivity contribution in [2.24, 2.45) is 0 Å². The van der Waals surface area contributed by atoms with Crippen molar-refractivity contribution in [3.63, 3.8) is 0 Å². The predicted molar refractivity (Wildman–Crippen MR) is 106 cm³/mol. The molecule has 0 aliphatic carbocycles. The number of hydrogen-bond acceptors (Lipinski definition) is 3. The second-order valence-corrected chi connectivity index (χ2v) is 7.28. The third-order valence-corrected chi connectivity index (χ3v) is 5.26. The molecule has 2 aliphatic heterocycles. The topological polar surface area (TPSA) is 90.5 Å². The zero-order chi connectivity index (χ0) is 21.3. The van der Waals surface area contributed by atoms with Gasteiger partial charge in [-0.2, -0.15) is 0 Å². The summed E-state index contributed by atoms with van der Waals surface area (Å²) in [5.74, 6) is -2.24. The van der Waals surface area contributed by atoms with E-state index in [0.29, 0.717) is 18.5 Å². The van der Waals surface area contributed by atoms with E-state index in [1.165, 1.54) is 6.07 Å². The molecular weight excluding hydrogens is 394 g/mol. The molecule has 0 saturated carbocycles. The molecule has 0 bridgehead atoms. The minimum Gasteiger partial charge on any atom is -0.349 e. The summed E-state index contributed by atoms with van der Waals surface area (Å²) in [6.45, 7) is 0.0957. The van der Waals surface area contributed by atoms with Gasteiger partial charge < -0.3 is 20.9 Å². The van der Waals surface area contributed by atoms with E-state index >= 15 is 0 Å². The summed E-state index contributed by atoms with van der Waals surface area (Å²) in [6.07, 6.45) is 1.38. The van der Waals surface area contributed by atoms with Gasteiger partial charge in [0.05, 0.1) is 6.04 Å². The van der Waals surface area contributed by atoms with E-state index in [9.17, 15) is 23.2 Å². The number of benzene rings is 2. The van der Waals surface area contributed by atoms with Gasteiger partial charge in [0.1, 0.15) is 23.4 Å². The minimum absolute atomic E-state index is 0.00769. The monoisotopic (exact) mass is 414 g/mol. The van der Waals surface area contributed by atoms with Crippen molar-refractivity contribution in [3.8, 4) is 0 Å². The van der Waals surface area contributed by atoms with Gasteiger partial charge in [0, 0.05) is 18.7 Å².